The monoisotopic (exact) mass is 458 g/mol. The number of rotatable bonds is 8. The molecule has 1 aliphatic rings. The fourth-order valence-electron chi connectivity index (χ4n) is 3.69. The van der Waals surface area contributed by atoms with Gasteiger partial charge in [0.1, 0.15) is 10.8 Å². The number of amides is 1. The van der Waals surface area contributed by atoms with Crippen LogP contribution < -0.4 is 10.1 Å². The fraction of sp³-hybridized carbons (Fsp3) is 0.476. The molecule has 3 aromatic rings. The van der Waals surface area contributed by atoms with E-state index in [2.05, 4.69) is 25.7 Å². The van der Waals surface area contributed by atoms with Crippen molar-refractivity contribution >= 4 is 34.1 Å². The van der Waals surface area contributed by atoms with Crippen LogP contribution in [0.15, 0.2) is 29.4 Å². The van der Waals surface area contributed by atoms with E-state index < -0.39 is 0 Å². The zero-order valence-corrected chi connectivity index (χ0v) is 19.3. The molecule has 0 atom stereocenters. The summed E-state index contributed by atoms with van der Waals surface area (Å²) in [5, 5.41) is 22.1. The lowest BCUT2D eigenvalue weighted by atomic mass is 9.90. The van der Waals surface area contributed by atoms with Gasteiger partial charge in [-0.25, -0.2) is 0 Å². The Morgan fingerprint density at radius 2 is 2.00 bits per heavy atom. The fourth-order valence-corrected chi connectivity index (χ4v) is 5.33. The van der Waals surface area contributed by atoms with E-state index >= 15 is 0 Å². The third kappa shape index (κ3) is 5.24. The van der Waals surface area contributed by atoms with Gasteiger partial charge in [0.15, 0.2) is 11.0 Å². The van der Waals surface area contributed by atoms with E-state index in [9.17, 15) is 4.79 Å². The first kappa shape index (κ1) is 21.8. The molecule has 4 rings (SSSR count). The van der Waals surface area contributed by atoms with Gasteiger partial charge < -0.3 is 9.30 Å². The van der Waals surface area contributed by atoms with Crippen molar-refractivity contribution in [2.45, 2.75) is 50.1 Å². The molecule has 2 heterocycles. The van der Waals surface area contributed by atoms with Crippen molar-refractivity contribution in [1.29, 1.82) is 0 Å². The van der Waals surface area contributed by atoms with E-state index in [1.165, 1.54) is 55.2 Å². The number of ether oxygens (including phenoxy) is 1. The van der Waals surface area contributed by atoms with Gasteiger partial charge in [0.2, 0.25) is 11.0 Å². The van der Waals surface area contributed by atoms with Crippen LogP contribution >= 0.6 is 23.1 Å². The minimum atomic E-state index is -0.129. The lowest BCUT2D eigenvalue weighted by Gasteiger charge is -2.18. The minimum Gasteiger partial charge on any atom is -0.493 e. The second-order valence-corrected chi connectivity index (χ2v) is 9.36. The van der Waals surface area contributed by atoms with Gasteiger partial charge in [-0.3, -0.25) is 10.1 Å². The second-order valence-electron chi connectivity index (χ2n) is 7.41. The Morgan fingerprint density at radius 3 is 2.81 bits per heavy atom. The van der Waals surface area contributed by atoms with Gasteiger partial charge in [-0.15, -0.1) is 20.4 Å². The third-order valence-corrected chi connectivity index (χ3v) is 7.26. The lowest BCUT2D eigenvalue weighted by Crippen LogP contribution is -2.14. The number of para-hydroxylation sites is 1. The van der Waals surface area contributed by atoms with Crippen LogP contribution in [0, 0.1) is 0 Å². The Balaban J connectivity index is 1.36. The topological polar surface area (TPSA) is 94.8 Å². The van der Waals surface area contributed by atoms with E-state index in [0.29, 0.717) is 28.6 Å². The van der Waals surface area contributed by atoms with E-state index in [-0.39, 0.29) is 11.7 Å². The number of nitrogens with one attached hydrogen (secondary N) is 1. The zero-order chi connectivity index (χ0) is 21.6. The Kier molecular flexibility index (Phi) is 7.18. The van der Waals surface area contributed by atoms with E-state index in [0.717, 1.165) is 16.3 Å². The summed E-state index contributed by atoms with van der Waals surface area (Å²) in [5.74, 6) is 2.05. The molecular formula is C21H26N6O2S2. The number of benzene rings is 1. The van der Waals surface area contributed by atoms with Crippen molar-refractivity contribution in [3.63, 3.8) is 0 Å². The molecule has 1 saturated carbocycles. The van der Waals surface area contributed by atoms with Crippen LogP contribution in [0.4, 0.5) is 5.13 Å². The van der Waals surface area contributed by atoms with Gasteiger partial charge in [-0.05, 0) is 31.9 Å². The van der Waals surface area contributed by atoms with Crippen molar-refractivity contribution in [3.05, 3.63) is 29.3 Å². The molecule has 1 aromatic carbocycles. The maximum atomic E-state index is 12.4. The smallest absolute Gasteiger partial charge is 0.236 e. The summed E-state index contributed by atoms with van der Waals surface area (Å²) in [4.78, 5) is 12.4. The number of hydrogen-bond donors (Lipinski definition) is 1. The summed E-state index contributed by atoms with van der Waals surface area (Å²) in [6.45, 7) is 2.52. The highest BCUT2D eigenvalue weighted by Gasteiger charge is 2.21. The molecule has 0 saturated heterocycles. The molecule has 1 amide bonds. The zero-order valence-electron chi connectivity index (χ0n) is 17.7. The molecular weight excluding hydrogens is 432 g/mol. The van der Waals surface area contributed by atoms with Crippen LogP contribution in [0.5, 0.6) is 5.75 Å². The summed E-state index contributed by atoms with van der Waals surface area (Å²) < 4.78 is 7.58. The van der Waals surface area contributed by atoms with Crippen molar-refractivity contribution in [3.8, 4) is 17.1 Å². The van der Waals surface area contributed by atoms with E-state index in [4.69, 9.17) is 4.74 Å². The molecule has 10 heteroatoms. The molecule has 0 aliphatic heterocycles. The molecule has 0 radical (unpaired) electrons. The SMILES string of the molecule is CCOc1ccccc1-c1nnc(SCC(=O)Nc2nnc(C3CCCCC3)s2)n1C. The number of anilines is 1. The molecule has 8 nitrogen and oxygen atoms in total. The Morgan fingerprint density at radius 1 is 1.19 bits per heavy atom. The molecule has 31 heavy (non-hydrogen) atoms. The first-order valence-corrected chi connectivity index (χ1v) is 12.3. The Labute approximate surface area is 189 Å². The molecule has 1 aliphatic carbocycles. The van der Waals surface area contributed by atoms with Crippen molar-refractivity contribution < 1.29 is 9.53 Å². The van der Waals surface area contributed by atoms with E-state index in [1.807, 2.05) is 42.8 Å². The standard InChI is InChI=1S/C21H26N6O2S2/c1-3-29-16-12-8-7-11-15(16)18-23-26-21(27(18)2)30-13-17(28)22-20-25-24-19(31-20)14-9-5-4-6-10-14/h7-8,11-12,14H,3-6,9-10,13H2,1-2H3,(H,22,25,28). The van der Waals surface area contributed by atoms with Gasteiger partial charge in [-0.1, -0.05) is 54.5 Å². The highest BCUT2D eigenvalue weighted by atomic mass is 32.2. The number of carbonyl (C=O) groups excluding carboxylic acids is 1. The molecule has 2 aromatic heterocycles. The number of aromatic nitrogens is 5. The van der Waals surface area contributed by atoms with Gasteiger partial charge in [-0.2, -0.15) is 0 Å². The quantitative estimate of drug-likeness (QED) is 0.496. The first-order chi connectivity index (χ1) is 15.2. The van der Waals surface area contributed by atoms with Crippen LogP contribution in [0.3, 0.4) is 0 Å². The molecule has 0 bridgehead atoms. The maximum absolute atomic E-state index is 12.4. The summed E-state index contributed by atoms with van der Waals surface area (Å²) >= 11 is 2.83. The number of nitrogens with zero attached hydrogens (tertiary/aromatic N) is 5. The molecule has 164 valence electrons. The van der Waals surface area contributed by atoms with Crippen molar-refractivity contribution in [2.75, 3.05) is 17.7 Å². The van der Waals surface area contributed by atoms with Gasteiger partial charge in [0.05, 0.1) is 17.9 Å². The first-order valence-electron chi connectivity index (χ1n) is 10.5. The summed E-state index contributed by atoms with van der Waals surface area (Å²) in [7, 11) is 1.89. The number of carbonyl (C=O) groups is 1. The van der Waals surface area contributed by atoms with Gasteiger partial charge in [0.25, 0.3) is 0 Å². The predicted octanol–water partition coefficient (Wildman–Crippen LogP) is 4.51. The minimum absolute atomic E-state index is 0.129. The van der Waals surface area contributed by atoms with Gasteiger partial charge >= 0.3 is 0 Å². The van der Waals surface area contributed by atoms with Crippen LogP contribution in [-0.2, 0) is 11.8 Å². The lowest BCUT2D eigenvalue weighted by molar-refractivity contribution is -0.113. The summed E-state index contributed by atoms with van der Waals surface area (Å²) in [6, 6.07) is 7.74. The van der Waals surface area contributed by atoms with Gasteiger partial charge in [0, 0.05) is 13.0 Å². The summed E-state index contributed by atoms with van der Waals surface area (Å²) in [5.41, 5.74) is 0.875. The van der Waals surface area contributed by atoms with Crippen LogP contribution in [-0.4, -0.2) is 43.2 Å². The number of hydrogen-bond acceptors (Lipinski definition) is 8. The van der Waals surface area contributed by atoms with Crippen LogP contribution in [0.25, 0.3) is 11.4 Å². The average molecular weight is 459 g/mol. The maximum Gasteiger partial charge on any atom is 0.236 e. The largest absolute Gasteiger partial charge is 0.493 e. The normalized spacial score (nSPS) is 14.5. The predicted molar refractivity (Wildman–Crippen MR) is 123 cm³/mol. The highest BCUT2D eigenvalue weighted by molar-refractivity contribution is 7.99. The van der Waals surface area contributed by atoms with E-state index in [1.54, 1.807) is 0 Å². The Bertz CT molecular complexity index is 1030. The summed E-state index contributed by atoms with van der Waals surface area (Å²) in [6.07, 6.45) is 6.13. The van der Waals surface area contributed by atoms with Crippen LogP contribution in [0.1, 0.15) is 50.0 Å². The molecule has 1 fully saturated rings. The average Bonchev–Trinajstić information content (AvgIpc) is 3.40. The van der Waals surface area contributed by atoms with Crippen molar-refractivity contribution in [1.82, 2.24) is 25.0 Å². The molecule has 0 spiro atoms. The van der Waals surface area contributed by atoms with Crippen molar-refractivity contribution in [2.24, 2.45) is 7.05 Å². The molecule has 0 unspecified atom stereocenters. The third-order valence-electron chi connectivity index (χ3n) is 5.24. The second kappa shape index (κ2) is 10.2. The van der Waals surface area contributed by atoms with Crippen LogP contribution in [0.2, 0.25) is 0 Å². The highest BCUT2D eigenvalue weighted by Crippen LogP contribution is 2.35. The number of thioether (sulfide) groups is 1. The molecule has 1 N–H and O–H groups in total. The Hall–Kier alpha value is -2.46.